The van der Waals surface area contributed by atoms with Crippen LogP contribution in [0.4, 0.5) is 0 Å². The predicted molar refractivity (Wildman–Crippen MR) is 110 cm³/mol. The summed E-state index contributed by atoms with van der Waals surface area (Å²) in [6.07, 6.45) is 0.668. The monoisotopic (exact) mass is 481 g/mol. The van der Waals surface area contributed by atoms with Crippen LogP contribution in [0.5, 0.6) is 0 Å². The minimum absolute atomic E-state index is 0. The summed E-state index contributed by atoms with van der Waals surface area (Å²) in [5, 5.41) is 11.0. The maximum atomic E-state index is 5.87. The molecule has 0 radical (unpaired) electrons. The third-order valence-corrected chi connectivity index (χ3v) is 4.17. The van der Waals surface area contributed by atoms with Crippen LogP contribution in [-0.4, -0.2) is 42.0 Å². The highest BCUT2D eigenvalue weighted by Crippen LogP contribution is 2.19. The zero-order valence-corrected chi connectivity index (χ0v) is 17.5. The molecule has 0 spiro atoms. The lowest BCUT2D eigenvalue weighted by Crippen LogP contribution is -2.39. The van der Waals surface area contributed by atoms with Crippen molar-refractivity contribution in [3.63, 3.8) is 0 Å². The van der Waals surface area contributed by atoms with E-state index >= 15 is 0 Å². The smallest absolute Gasteiger partial charge is 0.228 e. The van der Waals surface area contributed by atoms with Crippen molar-refractivity contribution in [1.82, 2.24) is 20.8 Å². The average Bonchev–Trinajstić information content (AvgIpc) is 2.97. The molecule has 0 aliphatic carbocycles. The van der Waals surface area contributed by atoms with E-state index in [1.807, 2.05) is 24.3 Å². The van der Waals surface area contributed by atoms with Crippen molar-refractivity contribution in [2.45, 2.75) is 18.2 Å². The molecular formula is C15H21ClIN5OS. The highest BCUT2D eigenvalue weighted by molar-refractivity contribution is 14.0. The van der Waals surface area contributed by atoms with Gasteiger partial charge in [-0.3, -0.25) is 4.99 Å². The number of aliphatic imine (C=N–C) groups is 1. The lowest BCUT2D eigenvalue weighted by Gasteiger charge is -2.10. The van der Waals surface area contributed by atoms with E-state index in [9.17, 15) is 0 Å². The van der Waals surface area contributed by atoms with Gasteiger partial charge in [0.25, 0.3) is 0 Å². The molecule has 1 heterocycles. The van der Waals surface area contributed by atoms with Crippen LogP contribution < -0.4 is 10.6 Å². The molecule has 132 valence electrons. The van der Waals surface area contributed by atoms with Gasteiger partial charge < -0.3 is 15.2 Å². The third-order valence-electron chi connectivity index (χ3n) is 2.90. The largest absolute Gasteiger partial charge is 0.356 e. The molecule has 1 aromatic carbocycles. The number of benzene rings is 1. The normalized spacial score (nSPS) is 11.0. The van der Waals surface area contributed by atoms with Crippen molar-refractivity contribution in [3.05, 3.63) is 41.0 Å². The van der Waals surface area contributed by atoms with Crippen LogP contribution in [0.1, 0.15) is 11.7 Å². The second-order valence-corrected chi connectivity index (χ2v) is 6.32. The molecule has 2 N–H and O–H groups in total. The van der Waals surface area contributed by atoms with Gasteiger partial charge in [-0.15, -0.1) is 35.7 Å². The number of rotatable bonds is 7. The molecule has 0 atom stereocenters. The van der Waals surface area contributed by atoms with Gasteiger partial charge in [-0.2, -0.15) is 4.98 Å². The Kier molecular flexibility index (Phi) is 10.1. The molecule has 6 nitrogen and oxygen atoms in total. The zero-order valence-electron chi connectivity index (χ0n) is 13.6. The van der Waals surface area contributed by atoms with E-state index in [-0.39, 0.29) is 24.0 Å². The number of thioether (sulfide) groups is 1. The molecule has 0 bridgehead atoms. The SMILES string of the molecule is CN=C(NCCSc1ccc(Cl)cc1)NCCc1nc(C)no1.I. The fourth-order valence-corrected chi connectivity index (χ4v) is 2.71. The third kappa shape index (κ3) is 7.71. The molecule has 24 heavy (non-hydrogen) atoms. The molecule has 2 rings (SSSR count). The van der Waals surface area contributed by atoms with Crippen molar-refractivity contribution in [3.8, 4) is 0 Å². The van der Waals surface area contributed by atoms with Crippen molar-refractivity contribution in [2.24, 2.45) is 4.99 Å². The first-order valence-electron chi connectivity index (χ1n) is 7.29. The Balaban J connectivity index is 0.00000288. The summed E-state index contributed by atoms with van der Waals surface area (Å²) >= 11 is 7.63. The molecule has 0 saturated carbocycles. The molecule has 0 fully saturated rings. The molecule has 0 aliphatic heterocycles. The first kappa shape index (κ1) is 21.0. The zero-order chi connectivity index (χ0) is 16.5. The van der Waals surface area contributed by atoms with Crippen LogP contribution in [0, 0.1) is 6.92 Å². The van der Waals surface area contributed by atoms with Gasteiger partial charge in [-0.05, 0) is 31.2 Å². The summed E-state index contributed by atoms with van der Waals surface area (Å²) < 4.78 is 5.06. The number of aromatic nitrogens is 2. The van der Waals surface area contributed by atoms with E-state index in [4.69, 9.17) is 16.1 Å². The van der Waals surface area contributed by atoms with Crippen LogP contribution in [-0.2, 0) is 6.42 Å². The van der Waals surface area contributed by atoms with Crippen molar-refractivity contribution < 1.29 is 4.52 Å². The summed E-state index contributed by atoms with van der Waals surface area (Å²) in [6, 6.07) is 7.84. The van der Waals surface area contributed by atoms with Crippen molar-refractivity contribution >= 4 is 53.3 Å². The molecule has 0 saturated heterocycles. The van der Waals surface area contributed by atoms with Crippen LogP contribution >= 0.6 is 47.3 Å². The van der Waals surface area contributed by atoms with Crippen molar-refractivity contribution in [1.29, 1.82) is 0 Å². The van der Waals surface area contributed by atoms with Gasteiger partial charge >= 0.3 is 0 Å². The molecule has 0 aliphatic rings. The second kappa shape index (κ2) is 11.5. The number of hydrogen-bond acceptors (Lipinski definition) is 5. The van der Waals surface area contributed by atoms with Gasteiger partial charge in [0.2, 0.25) is 5.89 Å². The molecule has 9 heteroatoms. The number of halogens is 2. The maximum Gasteiger partial charge on any atom is 0.228 e. The van der Waals surface area contributed by atoms with Crippen molar-refractivity contribution in [2.75, 3.05) is 25.9 Å². The van der Waals surface area contributed by atoms with E-state index in [0.29, 0.717) is 24.7 Å². The predicted octanol–water partition coefficient (Wildman–Crippen LogP) is 3.15. The molecule has 1 aromatic heterocycles. The van der Waals surface area contributed by atoms with Crippen LogP contribution in [0.2, 0.25) is 5.02 Å². The minimum Gasteiger partial charge on any atom is -0.356 e. The Labute approximate surface area is 168 Å². The van der Waals surface area contributed by atoms with Gasteiger partial charge in [-0.25, -0.2) is 0 Å². The molecule has 2 aromatic rings. The van der Waals surface area contributed by atoms with Gasteiger partial charge in [0.1, 0.15) is 0 Å². The molecule has 0 amide bonds. The summed E-state index contributed by atoms with van der Waals surface area (Å²) in [5.74, 6) is 2.98. The van der Waals surface area contributed by atoms with Gasteiger partial charge in [0.15, 0.2) is 11.8 Å². The number of nitrogens with zero attached hydrogens (tertiary/aromatic N) is 3. The summed E-state index contributed by atoms with van der Waals surface area (Å²) in [7, 11) is 1.75. The first-order chi connectivity index (χ1) is 11.2. The minimum atomic E-state index is 0. The Hall–Kier alpha value is -1.00. The number of guanidine groups is 1. The molecular weight excluding hydrogens is 461 g/mol. The second-order valence-electron chi connectivity index (χ2n) is 4.71. The van der Waals surface area contributed by atoms with E-state index in [1.54, 1.807) is 25.7 Å². The first-order valence-corrected chi connectivity index (χ1v) is 8.66. The Bertz CT molecular complexity index is 635. The van der Waals surface area contributed by atoms with E-state index in [2.05, 4.69) is 25.8 Å². The van der Waals surface area contributed by atoms with E-state index < -0.39 is 0 Å². The van der Waals surface area contributed by atoms with Crippen LogP contribution in [0.3, 0.4) is 0 Å². The average molecular weight is 482 g/mol. The van der Waals surface area contributed by atoms with Crippen LogP contribution in [0.25, 0.3) is 0 Å². The standard InChI is InChI=1S/C15H20ClN5OS.HI/c1-11-20-14(22-21-11)7-8-18-15(17-2)19-9-10-23-13-5-3-12(16)4-6-13;/h3-6H,7-10H2,1-2H3,(H2,17,18,19);1H. The van der Waals surface area contributed by atoms with Crippen LogP contribution in [0.15, 0.2) is 38.7 Å². The topological polar surface area (TPSA) is 75.3 Å². The lowest BCUT2D eigenvalue weighted by molar-refractivity contribution is 0.374. The number of nitrogens with one attached hydrogen (secondary N) is 2. The number of hydrogen-bond donors (Lipinski definition) is 2. The maximum absolute atomic E-state index is 5.87. The highest BCUT2D eigenvalue weighted by atomic mass is 127. The van der Waals surface area contributed by atoms with E-state index in [0.717, 1.165) is 23.3 Å². The number of aryl methyl sites for hydroxylation is 1. The fraction of sp³-hybridized carbons (Fsp3) is 0.400. The Morgan fingerprint density at radius 1 is 1.25 bits per heavy atom. The van der Waals surface area contributed by atoms with E-state index in [1.165, 1.54) is 4.90 Å². The lowest BCUT2D eigenvalue weighted by atomic mass is 10.4. The summed E-state index contributed by atoms with van der Waals surface area (Å²) in [6.45, 7) is 3.30. The quantitative estimate of drug-likeness (QED) is 0.208. The highest BCUT2D eigenvalue weighted by Gasteiger charge is 2.03. The van der Waals surface area contributed by atoms with Gasteiger partial charge in [0, 0.05) is 42.2 Å². The molecule has 0 unspecified atom stereocenters. The van der Waals surface area contributed by atoms with Gasteiger partial charge in [0.05, 0.1) is 0 Å². The summed E-state index contributed by atoms with van der Waals surface area (Å²) in [4.78, 5) is 9.54. The Morgan fingerprint density at radius 3 is 2.58 bits per heavy atom. The fourth-order valence-electron chi connectivity index (χ4n) is 1.82. The Morgan fingerprint density at radius 2 is 1.96 bits per heavy atom. The summed E-state index contributed by atoms with van der Waals surface area (Å²) in [5.41, 5.74) is 0. The van der Waals surface area contributed by atoms with Gasteiger partial charge in [-0.1, -0.05) is 16.8 Å².